The van der Waals surface area contributed by atoms with Crippen LogP contribution >= 0.6 is 23.1 Å². The van der Waals surface area contributed by atoms with Gasteiger partial charge in [0.2, 0.25) is 5.91 Å². The average molecular weight is 375 g/mol. The number of aromatic nitrogens is 1. The van der Waals surface area contributed by atoms with Gasteiger partial charge in [0.1, 0.15) is 5.52 Å². The Bertz CT molecular complexity index is 884. The number of carbonyl (C=O) groups is 2. The van der Waals surface area contributed by atoms with E-state index in [2.05, 4.69) is 15.8 Å². The SMILES string of the molecule is CCc1sc(C(=O)NNC(=O)CSc2nc3ccccc3o2)cc1C. The molecule has 8 heteroatoms. The van der Waals surface area contributed by atoms with Crippen molar-refractivity contribution in [2.45, 2.75) is 25.5 Å². The zero-order chi connectivity index (χ0) is 17.8. The Labute approximate surface area is 153 Å². The highest BCUT2D eigenvalue weighted by molar-refractivity contribution is 7.99. The van der Waals surface area contributed by atoms with E-state index >= 15 is 0 Å². The number of thioether (sulfide) groups is 1. The van der Waals surface area contributed by atoms with Crippen LogP contribution in [0.3, 0.4) is 0 Å². The summed E-state index contributed by atoms with van der Waals surface area (Å²) in [6.45, 7) is 4.02. The fourth-order valence-electron chi connectivity index (χ4n) is 2.25. The first kappa shape index (κ1) is 17.5. The minimum Gasteiger partial charge on any atom is -0.431 e. The third-order valence-corrected chi connectivity index (χ3v) is 5.69. The second kappa shape index (κ2) is 7.71. The second-order valence-corrected chi connectivity index (χ2v) is 7.37. The maximum atomic E-state index is 12.1. The fraction of sp³-hybridized carbons (Fsp3) is 0.235. The van der Waals surface area contributed by atoms with Crippen molar-refractivity contribution in [2.24, 2.45) is 0 Å². The monoisotopic (exact) mass is 375 g/mol. The number of hydrogen-bond acceptors (Lipinski definition) is 6. The molecular weight excluding hydrogens is 358 g/mol. The lowest BCUT2D eigenvalue weighted by Gasteiger charge is -2.04. The van der Waals surface area contributed by atoms with E-state index in [1.807, 2.05) is 44.2 Å². The van der Waals surface area contributed by atoms with E-state index in [9.17, 15) is 9.59 Å². The average Bonchev–Trinajstić information content (AvgIpc) is 3.20. The highest BCUT2D eigenvalue weighted by atomic mass is 32.2. The van der Waals surface area contributed by atoms with Gasteiger partial charge in [-0.25, -0.2) is 4.98 Å². The number of nitrogens with zero attached hydrogens (tertiary/aromatic N) is 1. The molecular formula is C17H17N3O3S2. The number of oxazole rings is 1. The van der Waals surface area contributed by atoms with Gasteiger partial charge in [0.05, 0.1) is 10.6 Å². The number of benzene rings is 1. The maximum absolute atomic E-state index is 12.1. The van der Waals surface area contributed by atoms with E-state index in [0.29, 0.717) is 15.7 Å². The number of nitrogens with one attached hydrogen (secondary N) is 2. The minimum atomic E-state index is -0.329. The molecule has 1 aromatic carbocycles. The van der Waals surface area contributed by atoms with Crippen LogP contribution in [0.5, 0.6) is 0 Å². The third-order valence-electron chi connectivity index (χ3n) is 3.48. The van der Waals surface area contributed by atoms with Crippen molar-refractivity contribution in [2.75, 3.05) is 5.75 Å². The Morgan fingerprint density at radius 1 is 1.28 bits per heavy atom. The molecule has 2 N–H and O–H groups in total. The van der Waals surface area contributed by atoms with Crippen LogP contribution in [-0.4, -0.2) is 22.6 Å². The number of rotatable bonds is 5. The van der Waals surface area contributed by atoms with Crippen LogP contribution in [0.2, 0.25) is 0 Å². The van der Waals surface area contributed by atoms with E-state index in [0.717, 1.165) is 17.5 Å². The van der Waals surface area contributed by atoms with E-state index in [1.54, 1.807) is 0 Å². The highest BCUT2D eigenvalue weighted by Gasteiger charge is 2.13. The summed E-state index contributed by atoms with van der Waals surface area (Å²) in [4.78, 5) is 30.0. The number of thiophene rings is 1. The minimum absolute atomic E-state index is 0.0940. The number of carbonyl (C=O) groups excluding carboxylic acids is 2. The summed E-state index contributed by atoms with van der Waals surface area (Å²) in [6, 6.07) is 9.23. The molecule has 0 aliphatic heterocycles. The molecule has 0 radical (unpaired) electrons. The second-order valence-electron chi connectivity index (χ2n) is 5.31. The lowest BCUT2D eigenvalue weighted by molar-refractivity contribution is -0.119. The van der Waals surface area contributed by atoms with E-state index in [-0.39, 0.29) is 17.6 Å². The van der Waals surface area contributed by atoms with Crippen LogP contribution in [0, 0.1) is 6.92 Å². The van der Waals surface area contributed by atoms with Gasteiger partial charge >= 0.3 is 0 Å². The summed E-state index contributed by atoms with van der Waals surface area (Å²) < 4.78 is 5.53. The van der Waals surface area contributed by atoms with Crippen LogP contribution in [0.1, 0.15) is 27.0 Å². The van der Waals surface area contributed by atoms with Gasteiger partial charge in [0.15, 0.2) is 5.58 Å². The predicted molar refractivity (Wildman–Crippen MR) is 98.8 cm³/mol. The van der Waals surface area contributed by atoms with Crippen molar-refractivity contribution >= 4 is 46.0 Å². The summed E-state index contributed by atoms with van der Waals surface area (Å²) in [5.74, 6) is -0.547. The van der Waals surface area contributed by atoms with Crippen molar-refractivity contribution in [1.82, 2.24) is 15.8 Å². The molecule has 2 aromatic heterocycles. The number of aryl methyl sites for hydroxylation is 2. The quantitative estimate of drug-likeness (QED) is 0.528. The molecule has 0 spiro atoms. The first-order chi connectivity index (χ1) is 12.1. The first-order valence-corrected chi connectivity index (χ1v) is 9.54. The Kier molecular flexibility index (Phi) is 5.40. The summed E-state index contributed by atoms with van der Waals surface area (Å²) in [5, 5.41) is 0.421. The summed E-state index contributed by atoms with van der Waals surface area (Å²) in [5.41, 5.74) is 7.36. The number of para-hydroxylation sites is 2. The lowest BCUT2D eigenvalue weighted by atomic mass is 10.2. The maximum Gasteiger partial charge on any atom is 0.279 e. The van der Waals surface area contributed by atoms with Crippen LogP contribution in [0.4, 0.5) is 0 Å². The summed E-state index contributed by atoms with van der Waals surface area (Å²) in [7, 11) is 0. The number of fused-ring (bicyclic) bond motifs is 1. The van der Waals surface area contributed by atoms with Crippen molar-refractivity contribution < 1.29 is 14.0 Å². The molecule has 0 aliphatic carbocycles. The molecule has 2 heterocycles. The largest absolute Gasteiger partial charge is 0.431 e. The van der Waals surface area contributed by atoms with Crippen LogP contribution in [-0.2, 0) is 11.2 Å². The van der Waals surface area contributed by atoms with Crippen LogP contribution in [0.25, 0.3) is 11.1 Å². The highest BCUT2D eigenvalue weighted by Crippen LogP contribution is 2.23. The molecule has 0 fully saturated rings. The lowest BCUT2D eigenvalue weighted by Crippen LogP contribution is -2.42. The van der Waals surface area contributed by atoms with Gasteiger partial charge in [-0.3, -0.25) is 20.4 Å². The smallest absolute Gasteiger partial charge is 0.279 e. The van der Waals surface area contributed by atoms with Crippen LogP contribution < -0.4 is 10.9 Å². The molecule has 3 aromatic rings. The molecule has 0 saturated carbocycles. The van der Waals surface area contributed by atoms with Gasteiger partial charge in [0, 0.05) is 4.88 Å². The molecule has 0 aliphatic rings. The predicted octanol–water partition coefficient (Wildman–Crippen LogP) is 3.31. The van der Waals surface area contributed by atoms with Gasteiger partial charge in [-0.1, -0.05) is 30.8 Å². The molecule has 0 bridgehead atoms. The van der Waals surface area contributed by atoms with Gasteiger partial charge in [-0.15, -0.1) is 11.3 Å². The van der Waals surface area contributed by atoms with Crippen molar-refractivity contribution in [3.8, 4) is 0 Å². The molecule has 3 rings (SSSR count). The van der Waals surface area contributed by atoms with Crippen molar-refractivity contribution in [3.05, 3.63) is 45.6 Å². The Morgan fingerprint density at radius 3 is 2.80 bits per heavy atom. The van der Waals surface area contributed by atoms with Crippen LogP contribution in [0.15, 0.2) is 40.0 Å². The molecule has 6 nitrogen and oxygen atoms in total. The molecule has 0 atom stereocenters. The first-order valence-electron chi connectivity index (χ1n) is 7.73. The zero-order valence-corrected chi connectivity index (χ0v) is 15.4. The molecule has 25 heavy (non-hydrogen) atoms. The third kappa shape index (κ3) is 4.21. The summed E-state index contributed by atoms with van der Waals surface area (Å²) >= 11 is 2.61. The Morgan fingerprint density at radius 2 is 2.08 bits per heavy atom. The van der Waals surface area contributed by atoms with E-state index in [1.165, 1.54) is 28.0 Å². The normalized spacial score (nSPS) is 10.8. The van der Waals surface area contributed by atoms with Crippen molar-refractivity contribution in [3.63, 3.8) is 0 Å². The van der Waals surface area contributed by atoms with Crippen molar-refractivity contribution in [1.29, 1.82) is 0 Å². The summed E-state index contributed by atoms with van der Waals surface area (Å²) in [6.07, 6.45) is 0.886. The molecule has 0 saturated heterocycles. The molecule has 0 unspecified atom stereocenters. The number of hydrogen-bond donors (Lipinski definition) is 2. The Balaban J connectivity index is 1.49. The zero-order valence-electron chi connectivity index (χ0n) is 13.8. The van der Waals surface area contributed by atoms with Gasteiger partial charge in [-0.2, -0.15) is 0 Å². The topological polar surface area (TPSA) is 84.2 Å². The molecule has 130 valence electrons. The number of amides is 2. The van der Waals surface area contributed by atoms with Gasteiger partial charge in [0.25, 0.3) is 11.1 Å². The standard InChI is InChI=1S/C17H17N3O3S2/c1-3-13-10(2)8-14(25-13)16(22)20-19-15(21)9-24-17-18-11-6-4-5-7-12(11)23-17/h4-8H,3,9H2,1-2H3,(H,19,21)(H,20,22). The van der Waals surface area contributed by atoms with E-state index < -0.39 is 0 Å². The Hall–Kier alpha value is -2.32. The fourth-order valence-corrected chi connectivity index (χ4v) is 3.89. The molecule has 2 amide bonds. The van der Waals surface area contributed by atoms with Gasteiger partial charge in [-0.05, 0) is 37.1 Å². The van der Waals surface area contributed by atoms with Gasteiger partial charge < -0.3 is 4.42 Å². The van der Waals surface area contributed by atoms with E-state index in [4.69, 9.17) is 4.42 Å². The number of hydrazine groups is 1.